The van der Waals surface area contributed by atoms with Gasteiger partial charge in [-0.25, -0.2) is 4.98 Å². The second kappa shape index (κ2) is 4.79. The van der Waals surface area contributed by atoms with Crippen molar-refractivity contribution in [3.05, 3.63) is 45.5 Å². The molecule has 2 fully saturated rings. The highest BCUT2D eigenvalue weighted by atomic mass is 16.5. The zero-order chi connectivity index (χ0) is 15.3. The molecule has 1 N–H and O–H groups in total. The molecule has 0 bridgehead atoms. The van der Waals surface area contributed by atoms with Crippen molar-refractivity contribution >= 4 is 5.91 Å². The second-order valence-corrected chi connectivity index (χ2v) is 6.06. The molecule has 0 spiro atoms. The molecule has 7 nitrogen and oxygen atoms in total. The van der Waals surface area contributed by atoms with Crippen molar-refractivity contribution in [1.29, 1.82) is 0 Å². The summed E-state index contributed by atoms with van der Waals surface area (Å²) in [4.78, 5) is 32.8. The fourth-order valence-electron chi connectivity index (χ4n) is 2.71. The first kappa shape index (κ1) is 13.2. The summed E-state index contributed by atoms with van der Waals surface area (Å²) in [6, 6.07) is 3.17. The van der Waals surface area contributed by atoms with Crippen LogP contribution in [0.15, 0.2) is 21.5 Å². The molecule has 1 saturated carbocycles. The molecule has 114 valence electrons. The van der Waals surface area contributed by atoms with Gasteiger partial charge in [0.2, 0.25) is 0 Å². The largest absolute Gasteiger partial charge is 0.361 e. The molecule has 0 atom stereocenters. The lowest BCUT2D eigenvalue weighted by Gasteiger charge is -2.37. The van der Waals surface area contributed by atoms with Crippen LogP contribution in [0.3, 0.4) is 0 Å². The Hall–Kier alpha value is -2.44. The number of amides is 1. The molecular weight excluding hydrogens is 284 g/mol. The van der Waals surface area contributed by atoms with E-state index in [-0.39, 0.29) is 23.1 Å². The molecule has 0 radical (unpaired) electrons. The third-order valence-electron chi connectivity index (χ3n) is 4.18. The van der Waals surface area contributed by atoms with E-state index in [4.69, 9.17) is 4.52 Å². The van der Waals surface area contributed by atoms with E-state index in [0.29, 0.717) is 24.8 Å². The first-order chi connectivity index (χ1) is 10.6. The van der Waals surface area contributed by atoms with Gasteiger partial charge in [-0.1, -0.05) is 5.16 Å². The molecule has 4 rings (SSSR count). The average molecular weight is 300 g/mol. The van der Waals surface area contributed by atoms with Crippen LogP contribution in [0, 0.1) is 6.92 Å². The smallest absolute Gasteiger partial charge is 0.272 e. The third-order valence-corrected chi connectivity index (χ3v) is 4.18. The van der Waals surface area contributed by atoms with Gasteiger partial charge >= 0.3 is 0 Å². The highest BCUT2D eigenvalue weighted by Gasteiger charge is 2.35. The summed E-state index contributed by atoms with van der Waals surface area (Å²) in [7, 11) is 0. The van der Waals surface area contributed by atoms with Gasteiger partial charge in [-0.05, 0) is 19.8 Å². The van der Waals surface area contributed by atoms with E-state index < -0.39 is 0 Å². The van der Waals surface area contributed by atoms with Crippen molar-refractivity contribution in [3.63, 3.8) is 0 Å². The zero-order valence-electron chi connectivity index (χ0n) is 12.2. The Morgan fingerprint density at radius 2 is 2.09 bits per heavy atom. The minimum Gasteiger partial charge on any atom is -0.361 e. The van der Waals surface area contributed by atoms with Crippen molar-refractivity contribution in [2.45, 2.75) is 31.6 Å². The van der Waals surface area contributed by atoms with E-state index in [9.17, 15) is 9.59 Å². The average Bonchev–Trinajstić information content (AvgIpc) is 3.20. The number of carbonyl (C=O) groups excluding carboxylic acids is 1. The third kappa shape index (κ3) is 2.32. The van der Waals surface area contributed by atoms with E-state index in [1.54, 1.807) is 4.90 Å². The monoisotopic (exact) mass is 300 g/mol. The number of nitrogens with one attached hydrogen (secondary N) is 1. The molecule has 2 aromatic rings. The van der Waals surface area contributed by atoms with Gasteiger partial charge in [0, 0.05) is 37.1 Å². The summed E-state index contributed by atoms with van der Waals surface area (Å²) >= 11 is 0. The molecule has 22 heavy (non-hydrogen) atoms. The van der Waals surface area contributed by atoms with Crippen LogP contribution >= 0.6 is 0 Å². The molecule has 2 aromatic heterocycles. The maximum absolute atomic E-state index is 12.4. The van der Waals surface area contributed by atoms with Crippen LogP contribution in [0.1, 0.15) is 52.4 Å². The SMILES string of the molecule is Cc1cc(C2CN(C(=O)c3cc(=O)[nH]c(C4CC4)n3)C2)no1. The Labute approximate surface area is 126 Å². The summed E-state index contributed by atoms with van der Waals surface area (Å²) in [6.07, 6.45) is 2.05. The van der Waals surface area contributed by atoms with Gasteiger partial charge < -0.3 is 14.4 Å². The van der Waals surface area contributed by atoms with Gasteiger partial charge in [0.05, 0.1) is 5.69 Å². The quantitative estimate of drug-likeness (QED) is 0.919. The number of hydrogen-bond acceptors (Lipinski definition) is 5. The Morgan fingerprint density at radius 1 is 1.32 bits per heavy atom. The van der Waals surface area contributed by atoms with Crippen LogP contribution < -0.4 is 5.56 Å². The topological polar surface area (TPSA) is 92.1 Å². The molecule has 1 saturated heterocycles. The first-order valence-corrected chi connectivity index (χ1v) is 7.44. The van der Waals surface area contributed by atoms with Gasteiger partial charge in [0.15, 0.2) is 0 Å². The number of H-pyrrole nitrogens is 1. The summed E-state index contributed by atoms with van der Waals surface area (Å²) in [5.74, 6) is 1.73. The van der Waals surface area contributed by atoms with E-state index in [2.05, 4.69) is 15.1 Å². The van der Waals surface area contributed by atoms with Crippen molar-refractivity contribution < 1.29 is 9.32 Å². The normalized spacial score (nSPS) is 18.3. The van der Waals surface area contributed by atoms with Gasteiger partial charge in [-0.2, -0.15) is 0 Å². The van der Waals surface area contributed by atoms with Crippen molar-refractivity contribution in [2.75, 3.05) is 13.1 Å². The van der Waals surface area contributed by atoms with E-state index in [0.717, 1.165) is 24.3 Å². The number of likely N-dealkylation sites (tertiary alicyclic amines) is 1. The molecule has 1 amide bonds. The minimum absolute atomic E-state index is 0.190. The molecule has 2 aliphatic rings. The van der Waals surface area contributed by atoms with Crippen molar-refractivity contribution in [3.8, 4) is 0 Å². The number of nitrogens with zero attached hydrogens (tertiary/aromatic N) is 3. The minimum atomic E-state index is -0.260. The molecule has 0 unspecified atom stereocenters. The van der Waals surface area contributed by atoms with Gasteiger partial charge in [-0.3, -0.25) is 9.59 Å². The van der Waals surface area contributed by atoms with Crippen LogP contribution in [0.25, 0.3) is 0 Å². The molecule has 1 aliphatic heterocycles. The van der Waals surface area contributed by atoms with E-state index in [1.165, 1.54) is 6.07 Å². The molecular formula is C15H16N4O3. The second-order valence-electron chi connectivity index (χ2n) is 6.06. The first-order valence-electron chi connectivity index (χ1n) is 7.44. The lowest BCUT2D eigenvalue weighted by atomic mass is 9.96. The standard InChI is InChI=1S/C15H16N4O3/c1-8-4-11(18-22-8)10-6-19(7-10)15(21)12-5-13(20)17-14(16-12)9-2-3-9/h4-5,9-10H,2-3,6-7H2,1H3,(H,16,17,20). The summed E-state index contributed by atoms with van der Waals surface area (Å²) in [5, 5.41) is 3.98. The van der Waals surface area contributed by atoms with Gasteiger partial charge in [0.25, 0.3) is 11.5 Å². The summed E-state index contributed by atoms with van der Waals surface area (Å²) in [6.45, 7) is 3.01. The van der Waals surface area contributed by atoms with Crippen LogP contribution in [0.4, 0.5) is 0 Å². The lowest BCUT2D eigenvalue weighted by Crippen LogP contribution is -2.49. The Balaban J connectivity index is 1.48. The highest BCUT2D eigenvalue weighted by molar-refractivity contribution is 5.92. The van der Waals surface area contributed by atoms with Gasteiger partial charge in [0.1, 0.15) is 17.3 Å². The van der Waals surface area contributed by atoms with Crippen molar-refractivity contribution in [2.24, 2.45) is 0 Å². The van der Waals surface area contributed by atoms with Crippen LogP contribution in [-0.2, 0) is 0 Å². The Morgan fingerprint density at radius 3 is 2.73 bits per heavy atom. The number of aromatic nitrogens is 3. The Bertz CT molecular complexity index is 784. The predicted molar refractivity (Wildman–Crippen MR) is 76.7 cm³/mol. The predicted octanol–water partition coefficient (Wildman–Crippen LogP) is 1.18. The zero-order valence-corrected chi connectivity index (χ0v) is 12.2. The number of aromatic amines is 1. The lowest BCUT2D eigenvalue weighted by molar-refractivity contribution is 0.0588. The van der Waals surface area contributed by atoms with Crippen molar-refractivity contribution in [1.82, 2.24) is 20.0 Å². The number of aryl methyl sites for hydroxylation is 1. The fraction of sp³-hybridized carbons (Fsp3) is 0.467. The van der Waals surface area contributed by atoms with Crippen LogP contribution in [0.2, 0.25) is 0 Å². The van der Waals surface area contributed by atoms with E-state index >= 15 is 0 Å². The number of carbonyl (C=O) groups is 1. The van der Waals surface area contributed by atoms with Crippen LogP contribution in [-0.4, -0.2) is 39.0 Å². The number of hydrogen-bond donors (Lipinski definition) is 1. The summed E-state index contributed by atoms with van der Waals surface area (Å²) in [5.41, 5.74) is 0.851. The van der Waals surface area contributed by atoms with E-state index in [1.807, 2.05) is 13.0 Å². The van der Waals surface area contributed by atoms with Crippen LogP contribution in [0.5, 0.6) is 0 Å². The molecule has 0 aromatic carbocycles. The molecule has 3 heterocycles. The fourth-order valence-corrected chi connectivity index (χ4v) is 2.71. The maximum Gasteiger partial charge on any atom is 0.272 e. The highest BCUT2D eigenvalue weighted by Crippen LogP contribution is 2.37. The maximum atomic E-state index is 12.4. The molecule has 1 aliphatic carbocycles. The number of rotatable bonds is 3. The Kier molecular flexibility index (Phi) is 2.88. The summed E-state index contributed by atoms with van der Waals surface area (Å²) < 4.78 is 5.06. The molecule has 7 heteroatoms. The van der Waals surface area contributed by atoms with Gasteiger partial charge in [-0.15, -0.1) is 0 Å².